The molecule has 1 atom stereocenters. The number of anilines is 2. The lowest BCUT2D eigenvalue weighted by Crippen LogP contribution is -2.53. The lowest BCUT2D eigenvalue weighted by molar-refractivity contribution is -0.124. The number of morpholine rings is 1. The highest BCUT2D eigenvalue weighted by atomic mass is 16.5. The molecule has 2 heterocycles. The van der Waals surface area contributed by atoms with Crippen LogP contribution in [0.25, 0.3) is 0 Å². The number of nitrogens with one attached hydrogen (secondary N) is 2. The van der Waals surface area contributed by atoms with Crippen LogP contribution in [0.15, 0.2) is 6.07 Å². The van der Waals surface area contributed by atoms with Gasteiger partial charge in [0.1, 0.15) is 24.3 Å². The summed E-state index contributed by atoms with van der Waals surface area (Å²) in [5.41, 5.74) is 2.50. The average molecular weight is 296 g/mol. The maximum Gasteiger partial charge on any atom is 0.244 e. The quantitative estimate of drug-likeness (QED) is 0.461. The molecule has 0 spiro atoms. The van der Waals surface area contributed by atoms with Crippen LogP contribution in [0.3, 0.4) is 0 Å². The van der Waals surface area contributed by atoms with Crippen molar-refractivity contribution in [1.82, 2.24) is 15.3 Å². The van der Waals surface area contributed by atoms with Crippen LogP contribution in [0.2, 0.25) is 0 Å². The molecule has 0 aliphatic carbocycles. The molecule has 1 amide bonds. The first-order valence-corrected chi connectivity index (χ1v) is 6.59. The fourth-order valence-electron chi connectivity index (χ4n) is 2.16. The van der Waals surface area contributed by atoms with Gasteiger partial charge in [0, 0.05) is 26.8 Å². The summed E-state index contributed by atoms with van der Waals surface area (Å²) in [5.74, 6) is 6.88. The Morgan fingerprint density at radius 2 is 2.43 bits per heavy atom. The number of methoxy groups -OCH3 is 1. The second-order valence-corrected chi connectivity index (χ2v) is 4.50. The number of nitrogens with two attached hydrogens (primary N) is 1. The highest BCUT2D eigenvalue weighted by Crippen LogP contribution is 2.20. The molecule has 0 saturated carbocycles. The number of aromatic nitrogens is 2. The summed E-state index contributed by atoms with van der Waals surface area (Å²) < 4.78 is 10.4. The first kappa shape index (κ1) is 15.4. The van der Waals surface area contributed by atoms with E-state index in [2.05, 4.69) is 20.7 Å². The van der Waals surface area contributed by atoms with Crippen LogP contribution >= 0.6 is 0 Å². The van der Waals surface area contributed by atoms with Crippen molar-refractivity contribution in [3.05, 3.63) is 11.9 Å². The topological polar surface area (TPSA) is 115 Å². The lowest BCUT2D eigenvalue weighted by Gasteiger charge is -2.35. The molecule has 9 heteroatoms. The number of likely N-dealkylation sites (N-methyl/N-ethyl adjacent to an activating group) is 1. The van der Waals surface area contributed by atoms with Gasteiger partial charge in [0.05, 0.1) is 13.2 Å². The van der Waals surface area contributed by atoms with E-state index >= 15 is 0 Å². The zero-order chi connectivity index (χ0) is 15.2. The second-order valence-electron chi connectivity index (χ2n) is 4.50. The van der Waals surface area contributed by atoms with Crippen molar-refractivity contribution in [2.24, 2.45) is 5.84 Å². The molecular weight excluding hydrogens is 276 g/mol. The Bertz CT molecular complexity index is 498. The van der Waals surface area contributed by atoms with E-state index in [9.17, 15) is 4.79 Å². The Hall–Kier alpha value is -1.97. The van der Waals surface area contributed by atoms with Gasteiger partial charge in [-0.2, -0.15) is 0 Å². The first-order chi connectivity index (χ1) is 10.2. The maximum atomic E-state index is 12.0. The number of nitrogens with zero attached hydrogens (tertiary/aromatic N) is 3. The van der Waals surface area contributed by atoms with Crippen LogP contribution in [0.4, 0.5) is 11.6 Å². The third-order valence-electron chi connectivity index (χ3n) is 3.15. The fraction of sp³-hybridized carbons (Fsp3) is 0.583. The molecule has 1 unspecified atom stereocenters. The Morgan fingerprint density at radius 1 is 1.62 bits per heavy atom. The number of hydrogen-bond acceptors (Lipinski definition) is 8. The van der Waals surface area contributed by atoms with Crippen molar-refractivity contribution in [2.75, 3.05) is 44.2 Å². The van der Waals surface area contributed by atoms with Crippen LogP contribution in [-0.4, -0.2) is 55.8 Å². The van der Waals surface area contributed by atoms with E-state index in [1.165, 1.54) is 0 Å². The van der Waals surface area contributed by atoms with Gasteiger partial charge in [-0.15, -0.1) is 0 Å². The molecule has 0 radical (unpaired) electrons. The molecule has 1 saturated heterocycles. The van der Waals surface area contributed by atoms with Crippen molar-refractivity contribution in [2.45, 2.75) is 12.6 Å². The summed E-state index contributed by atoms with van der Waals surface area (Å²) in [6, 6.07) is 1.26. The number of hydrogen-bond donors (Lipinski definition) is 3. The largest absolute Gasteiger partial charge is 0.377 e. The predicted octanol–water partition coefficient (Wildman–Crippen LogP) is -1.14. The number of carbonyl (C=O) groups is 1. The molecule has 4 N–H and O–H groups in total. The third kappa shape index (κ3) is 3.57. The van der Waals surface area contributed by atoms with Crippen LogP contribution in [-0.2, 0) is 20.9 Å². The smallest absolute Gasteiger partial charge is 0.244 e. The zero-order valence-electron chi connectivity index (χ0n) is 12.1. The summed E-state index contributed by atoms with van der Waals surface area (Å²) >= 11 is 0. The standard InChI is InChI=1S/C12H20N6O3/c1-14-12(19)8-6-21-4-3-18(8)11-5-9(17-13)15-10(16-11)7-20-2/h5,8H,3-4,6-7,13H2,1-2H3,(H,14,19)(H,15,16,17). The van der Waals surface area contributed by atoms with Gasteiger partial charge >= 0.3 is 0 Å². The van der Waals surface area contributed by atoms with E-state index in [1.807, 2.05) is 4.90 Å². The van der Waals surface area contributed by atoms with Crippen LogP contribution in [0, 0.1) is 0 Å². The van der Waals surface area contributed by atoms with Gasteiger partial charge in [-0.25, -0.2) is 15.8 Å². The summed E-state index contributed by atoms with van der Waals surface area (Å²) in [6.45, 7) is 1.67. The number of ether oxygens (including phenoxy) is 2. The molecule has 0 bridgehead atoms. The molecule has 2 rings (SSSR count). The molecule has 9 nitrogen and oxygen atoms in total. The molecule has 0 aromatic carbocycles. The summed E-state index contributed by atoms with van der Waals surface area (Å²) in [4.78, 5) is 22.5. The number of carbonyl (C=O) groups excluding carboxylic acids is 1. The highest BCUT2D eigenvalue weighted by molar-refractivity contribution is 5.85. The molecule has 1 aliphatic heterocycles. The van der Waals surface area contributed by atoms with E-state index < -0.39 is 6.04 Å². The second kappa shape index (κ2) is 7.16. The highest BCUT2D eigenvalue weighted by Gasteiger charge is 2.30. The van der Waals surface area contributed by atoms with Crippen molar-refractivity contribution < 1.29 is 14.3 Å². The number of rotatable bonds is 5. The molecular formula is C12H20N6O3. The minimum atomic E-state index is -0.431. The normalized spacial score (nSPS) is 18.4. The Labute approximate surface area is 122 Å². The summed E-state index contributed by atoms with van der Waals surface area (Å²) in [7, 11) is 3.16. The average Bonchev–Trinajstić information content (AvgIpc) is 2.54. The summed E-state index contributed by atoms with van der Waals surface area (Å²) in [6.07, 6.45) is 0. The Balaban J connectivity index is 2.32. The van der Waals surface area contributed by atoms with Gasteiger partial charge in [-0.3, -0.25) is 4.79 Å². The third-order valence-corrected chi connectivity index (χ3v) is 3.15. The zero-order valence-corrected chi connectivity index (χ0v) is 12.1. The van der Waals surface area contributed by atoms with Crippen molar-refractivity contribution >= 4 is 17.5 Å². The van der Waals surface area contributed by atoms with Gasteiger partial charge in [0.2, 0.25) is 5.91 Å². The van der Waals surface area contributed by atoms with Crippen LogP contribution in [0.5, 0.6) is 0 Å². The lowest BCUT2D eigenvalue weighted by atomic mass is 10.2. The Morgan fingerprint density at radius 3 is 3.10 bits per heavy atom. The summed E-state index contributed by atoms with van der Waals surface area (Å²) in [5, 5.41) is 2.63. The monoisotopic (exact) mass is 296 g/mol. The first-order valence-electron chi connectivity index (χ1n) is 6.59. The van der Waals surface area contributed by atoms with E-state index in [0.29, 0.717) is 37.2 Å². The van der Waals surface area contributed by atoms with E-state index in [1.54, 1.807) is 20.2 Å². The van der Waals surface area contributed by atoms with Gasteiger partial charge < -0.3 is 25.1 Å². The van der Waals surface area contributed by atoms with Crippen LogP contribution < -0.4 is 21.5 Å². The number of nitrogen functional groups attached to an aromatic ring is 1. The van der Waals surface area contributed by atoms with Gasteiger partial charge in [0.15, 0.2) is 5.82 Å². The number of amides is 1. The predicted molar refractivity (Wildman–Crippen MR) is 76.6 cm³/mol. The fourth-order valence-corrected chi connectivity index (χ4v) is 2.16. The van der Waals surface area contributed by atoms with Gasteiger partial charge in [0.25, 0.3) is 0 Å². The molecule has 1 aromatic rings. The van der Waals surface area contributed by atoms with Crippen molar-refractivity contribution in [3.8, 4) is 0 Å². The molecule has 1 aromatic heterocycles. The van der Waals surface area contributed by atoms with Gasteiger partial charge in [-0.1, -0.05) is 0 Å². The van der Waals surface area contributed by atoms with Crippen LogP contribution in [0.1, 0.15) is 5.82 Å². The molecule has 116 valence electrons. The molecule has 1 aliphatic rings. The van der Waals surface area contributed by atoms with Gasteiger partial charge in [-0.05, 0) is 0 Å². The van der Waals surface area contributed by atoms with Crippen molar-refractivity contribution in [1.29, 1.82) is 0 Å². The SMILES string of the molecule is CNC(=O)C1COCCN1c1cc(NN)nc(COC)n1. The molecule has 21 heavy (non-hydrogen) atoms. The van der Waals surface area contributed by atoms with Crippen molar-refractivity contribution in [3.63, 3.8) is 0 Å². The Kier molecular flexibility index (Phi) is 5.26. The minimum Gasteiger partial charge on any atom is -0.377 e. The maximum absolute atomic E-state index is 12.0. The van der Waals surface area contributed by atoms with E-state index in [0.717, 1.165) is 0 Å². The molecule has 1 fully saturated rings. The van der Waals surface area contributed by atoms with E-state index in [-0.39, 0.29) is 12.5 Å². The van der Waals surface area contributed by atoms with E-state index in [4.69, 9.17) is 15.3 Å². The number of hydrazine groups is 1. The minimum absolute atomic E-state index is 0.121.